The lowest BCUT2D eigenvalue weighted by molar-refractivity contribution is -0.130. The minimum absolute atomic E-state index is 0.0700. The Kier molecular flexibility index (Phi) is 10.8. The second-order valence-corrected chi connectivity index (χ2v) is 12.2. The van der Waals surface area contributed by atoms with Crippen LogP contribution in [0.1, 0.15) is 30.7 Å². The molecule has 0 unspecified atom stereocenters. The van der Waals surface area contributed by atoms with Gasteiger partial charge < -0.3 is 10.6 Å². The number of carbonyl (C=O) groups excluding carboxylic acids is 2. The van der Waals surface area contributed by atoms with Crippen LogP contribution in [-0.4, -0.2) is 79.0 Å². The molecule has 39 heavy (non-hydrogen) atoms. The second-order valence-electron chi connectivity index (χ2n) is 11.2. The standard InChI is InChI=1S/C31H43N5O2S/c1-31(2,32)17-9-14-29(37)36(6)26(20-23-15-16-24-11-7-8-12-25(24)19-23)22-35(5)28(30(38)33-34(3)4)21-27-13-10-18-39-27/h7-16,18-19,26,28H,17,20-22,32H2,1-6H3,(H,33,38)/b14-9+/t26-,28-/m1/s1. The number of hydrogen-bond donors (Lipinski definition) is 2. The molecule has 1 heterocycles. The van der Waals surface area contributed by atoms with Gasteiger partial charge in [-0.25, -0.2) is 5.01 Å². The van der Waals surface area contributed by atoms with Crippen molar-refractivity contribution in [3.05, 3.63) is 82.6 Å². The minimum atomic E-state index is -0.387. The van der Waals surface area contributed by atoms with E-state index in [9.17, 15) is 9.59 Å². The zero-order chi connectivity index (χ0) is 28.6. The Morgan fingerprint density at radius 3 is 2.36 bits per heavy atom. The van der Waals surface area contributed by atoms with Gasteiger partial charge in [0.25, 0.3) is 5.91 Å². The van der Waals surface area contributed by atoms with Crippen LogP contribution in [0.3, 0.4) is 0 Å². The van der Waals surface area contributed by atoms with Crippen molar-refractivity contribution in [1.29, 1.82) is 0 Å². The number of likely N-dealkylation sites (N-methyl/N-ethyl adjacent to an activating group) is 2. The summed E-state index contributed by atoms with van der Waals surface area (Å²) in [6.07, 6.45) is 5.33. The summed E-state index contributed by atoms with van der Waals surface area (Å²) >= 11 is 1.65. The molecule has 0 aliphatic rings. The Morgan fingerprint density at radius 1 is 1.00 bits per heavy atom. The van der Waals surface area contributed by atoms with Gasteiger partial charge in [-0.05, 0) is 67.6 Å². The summed E-state index contributed by atoms with van der Waals surface area (Å²) < 4.78 is 0. The lowest BCUT2D eigenvalue weighted by Gasteiger charge is -2.35. The predicted octanol–water partition coefficient (Wildman–Crippen LogP) is 4.09. The van der Waals surface area contributed by atoms with Crippen LogP contribution in [0.4, 0.5) is 0 Å². The van der Waals surface area contributed by atoms with E-state index < -0.39 is 0 Å². The Hall–Kier alpha value is -3.04. The Balaban J connectivity index is 1.87. The van der Waals surface area contributed by atoms with Gasteiger partial charge in [-0.15, -0.1) is 11.3 Å². The van der Waals surface area contributed by atoms with Crippen LogP contribution >= 0.6 is 11.3 Å². The van der Waals surface area contributed by atoms with Crippen molar-refractivity contribution in [2.75, 3.05) is 34.7 Å². The average molecular weight is 550 g/mol. The van der Waals surface area contributed by atoms with Crippen molar-refractivity contribution < 1.29 is 9.59 Å². The van der Waals surface area contributed by atoms with Crippen molar-refractivity contribution in [3.8, 4) is 0 Å². The van der Waals surface area contributed by atoms with Crippen LogP contribution in [0.5, 0.6) is 0 Å². The largest absolute Gasteiger partial charge is 0.338 e. The third-order valence-electron chi connectivity index (χ3n) is 6.73. The summed E-state index contributed by atoms with van der Waals surface area (Å²) in [6, 6.07) is 18.2. The van der Waals surface area contributed by atoms with E-state index in [1.54, 1.807) is 27.3 Å². The summed E-state index contributed by atoms with van der Waals surface area (Å²) in [6.45, 7) is 4.41. The van der Waals surface area contributed by atoms with Gasteiger partial charge in [0.05, 0.1) is 6.04 Å². The topological polar surface area (TPSA) is 81.9 Å². The molecule has 0 saturated heterocycles. The number of hydrazine groups is 1. The molecular weight excluding hydrogens is 506 g/mol. The Labute approximate surface area is 237 Å². The number of nitrogens with zero attached hydrogens (tertiary/aromatic N) is 3. The van der Waals surface area contributed by atoms with E-state index in [1.807, 2.05) is 71.7 Å². The molecule has 0 spiro atoms. The van der Waals surface area contributed by atoms with Crippen molar-refractivity contribution >= 4 is 33.9 Å². The Morgan fingerprint density at radius 2 is 1.72 bits per heavy atom. The smallest absolute Gasteiger partial charge is 0.251 e. The maximum absolute atomic E-state index is 13.3. The molecule has 2 amide bonds. The molecule has 3 aromatic rings. The summed E-state index contributed by atoms with van der Waals surface area (Å²) in [4.78, 5) is 31.5. The average Bonchev–Trinajstić information content (AvgIpc) is 3.38. The maximum atomic E-state index is 13.3. The molecule has 0 radical (unpaired) electrons. The van der Waals surface area contributed by atoms with Gasteiger partial charge in [-0.2, -0.15) is 0 Å². The quantitative estimate of drug-likeness (QED) is 0.248. The molecule has 7 nitrogen and oxygen atoms in total. The predicted molar refractivity (Wildman–Crippen MR) is 163 cm³/mol. The number of benzene rings is 2. The van der Waals surface area contributed by atoms with Crippen LogP contribution in [0.2, 0.25) is 0 Å². The van der Waals surface area contributed by atoms with Crippen LogP contribution in [0, 0.1) is 0 Å². The normalized spacial score (nSPS) is 13.8. The first-order chi connectivity index (χ1) is 18.4. The number of hydrogen-bond acceptors (Lipinski definition) is 6. The fourth-order valence-electron chi connectivity index (χ4n) is 4.55. The molecule has 0 aliphatic heterocycles. The lowest BCUT2D eigenvalue weighted by Crippen LogP contribution is -2.54. The van der Waals surface area contributed by atoms with Gasteiger partial charge in [0.1, 0.15) is 0 Å². The van der Waals surface area contributed by atoms with E-state index in [-0.39, 0.29) is 29.4 Å². The molecule has 1 aromatic heterocycles. The molecule has 0 aliphatic carbocycles. The van der Waals surface area contributed by atoms with Gasteiger partial charge in [-0.3, -0.25) is 19.9 Å². The lowest BCUT2D eigenvalue weighted by atomic mass is 9.99. The fourth-order valence-corrected chi connectivity index (χ4v) is 5.29. The van der Waals surface area contributed by atoms with Gasteiger partial charge in [0.2, 0.25) is 5.91 Å². The summed E-state index contributed by atoms with van der Waals surface area (Å²) in [7, 11) is 7.42. The van der Waals surface area contributed by atoms with Crippen LogP contribution in [0.15, 0.2) is 72.1 Å². The third-order valence-corrected chi connectivity index (χ3v) is 7.63. The van der Waals surface area contributed by atoms with E-state index in [4.69, 9.17) is 5.73 Å². The van der Waals surface area contributed by atoms with Gasteiger partial charge in [0.15, 0.2) is 0 Å². The number of thiophene rings is 1. The first kappa shape index (κ1) is 30.5. The van der Waals surface area contributed by atoms with Crippen molar-refractivity contribution in [2.45, 2.75) is 50.7 Å². The highest BCUT2D eigenvalue weighted by molar-refractivity contribution is 7.09. The number of nitrogens with two attached hydrogens (primary N) is 1. The van der Waals surface area contributed by atoms with E-state index in [0.717, 1.165) is 10.4 Å². The molecule has 2 atom stereocenters. The molecule has 210 valence electrons. The van der Waals surface area contributed by atoms with Gasteiger partial charge in [-0.1, -0.05) is 54.6 Å². The molecule has 0 fully saturated rings. The van der Waals surface area contributed by atoms with E-state index in [2.05, 4.69) is 46.7 Å². The highest BCUT2D eigenvalue weighted by atomic mass is 32.1. The van der Waals surface area contributed by atoms with Gasteiger partial charge in [0, 0.05) is 50.6 Å². The van der Waals surface area contributed by atoms with Crippen molar-refractivity contribution in [3.63, 3.8) is 0 Å². The molecule has 2 aromatic carbocycles. The number of amides is 2. The minimum Gasteiger partial charge on any atom is -0.338 e. The van der Waals surface area contributed by atoms with Crippen LogP contribution in [-0.2, 0) is 22.4 Å². The summed E-state index contributed by atoms with van der Waals surface area (Å²) in [5, 5.41) is 6.05. The molecule has 0 saturated carbocycles. The summed E-state index contributed by atoms with van der Waals surface area (Å²) in [5.74, 6) is -0.148. The van der Waals surface area contributed by atoms with Crippen LogP contribution in [0.25, 0.3) is 10.8 Å². The second kappa shape index (κ2) is 13.8. The van der Waals surface area contributed by atoms with E-state index in [0.29, 0.717) is 25.8 Å². The molecule has 8 heteroatoms. The maximum Gasteiger partial charge on any atom is 0.251 e. The van der Waals surface area contributed by atoms with E-state index in [1.165, 1.54) is 10.8 Å². The first-order valence-electron chi connectivity index (χ1n) is 13.3. The molecular formula is C31H43N5O2S. The number of nitrogens with one attached hydrogen (secondary N) is 1. The zero-order valence-corrected chi connectivity index (χ0v) is 24.9. The molecule has 3 N–H and O–H groups in total. The fraction of sp³-hybridized carbons (Fsp3) is 0.419. The number of fused-ring (bicyclic) bond motifs is 1. The van der Waals surface area contributed by atoms with E-state index >= 15 is 0 Å². The number of rotatable bonds is 13. The molecule has 0 bridgehead atoms. The monoisotopic (exact) mass is 549 g/mol. The highest BCUT2D eigenvalue weighted by Crippen LogP contribution is 2.20. The SMILES string of the molecule is CN(C)NC(=O)[C@@H](Cc1cccs1)N(C)C[C@@H](Cc1ccc2ccccc2c1)N(C)C(=O)/C=C/CC(C)(C)N. The van der Waals surface area contributed by atoms with Crippen molar-refractivity contribution in [2.24, 2.45) is 5.73 Å². The van der Waals surface area contributed by atoms with Crippen molar-refractivity contribution in [1.82, 2.24) is 20.2 Å². The molecule has 3 rings (SSSR count). The highest BCUT2D eigenvalue weighted by Gasteiger charge is 2.29. The summed E-state index contributed by atoms with van der Waals surface area (Å²) in [5.41, 5.74) is 9.79. The van der Waals surface area contributed by atoms with Crippen LogP contribution < -0.4 is 11.2 Å². The van der Waals surface area contributed by atoms with Gasteiger partial charge >= 0.3 is 0 Å². The number of carbonyl (C=O) groups is 2. The Bertz CT molecular complexity index is 1250. The zero-order valence-electron chi connectivity index (χ0n) is 24.1. The first-order valence-corrected chi connectivity index (χ1v) is 14.2. The third kappa shape index (κ3) is 9.58.